The molecule has 1 aliphatic rings. The van der Waals surface area contributed by atoms with Crippen LogP contribution in [0.3, 0.4) is 0 Å². The van der Waals surface area contributed by atoms with Crippen LogP contribution in [0.4, 0.5) is 23.7 Å². The van der Waals surface area contributed by atoms with Crippen molar-refractivity contribution in [2.75, 3.05) is 18.4 Å². The molecule has 2 heterocycles. The largest absolute Gasteiger partial charge is 0.488 e. The standard InChI is InChI=1S/C19H19F3N4O3/c20-19(21,22)12-3-5-13(6-4-12)25-18(28)26-9-1-2-15(11-26)29-14-7-8-24-16(10-14)17(23)27/h3-8,10,15H,1-2,9,11H2,(H2,23,27)(H,25,28). The number of likely N-dealkylation sites (tertiary alicyclic amines) is 1. The zero-order valence-electron chi connectivity index (χ0n) is 15.3. The number of nitrogens with one attached hydrogen (secondary N) is 1. The van der Waals surface area contributed by atoms with Gasteiger partial charge in [0.2, 0.25) is 0 Å². The smallest absolute Gasteiger partial charge is 0.416 e. The fraction of sp³-hybridized carbons (Fsp3) is 0.316. The number of nitrogens with two attached hydrogens (primary N) is 1. The Balaban J connectivity index is 1.59. The lowest BCUT2D eigenvalue weighted by atomic mass is 10.1. The minimum atomic E-state index is -4.43. The summed E-state index contributed by atoms with van der Waals surface area (Å²) in [6.45, 7) is 0.788. The van der Waals surface area contributed by atoms with Crippen LogP contribution in [-0.4, -0.2) is 41.0 Å². The van der Waals surface area contributed by atoms with Crippen molar-refractivity contribution >= 4 is 17.6 Å². The average Bonchev–Trinajstić information content (AvgIpc) is 2.68. The van der Waals surface area contributed by atoms with Gasteiger partial charge in [-0.2, -0.15) is 13.2 Å². The van der Waals surface area contributed by atoms with Crippen LogP contribution in [0.15, 0.2) is 42.6 Å². The molecule has 3 rings (SSSR count). The summed E-state index contributed by atoms with van der Waals surface area (Å²) in [5.41, 5.74) is 4.77. The van der Waals surface area contributed by atoms with Crippen LogP contribution >= 0.6 is 0 Å². The van der Waals surface area contributed by atoms with Crippen molar-refractivity contribution in [1.29, 1.82) is 0 Å². The Morgan fingerprint density at radius 1 is 1.21 bits per heavy atom. The van der Waals surface area contributed by atoms with Gasteiger partial charge in [-0.15, -0.1) is 0 Å². The van der Waals surface area contributed by atoms with E-state index in [1.54, 1.807) is 6.07 Å². The predicted molar refractivity (Wildman–Crippen MR) is 98.4 cm³/mol. The molecule has 1 atom stereocenters. The van der Waals surface area contributed by atoms with E-state index in [-0.39, 0.29) is 17.5 Å². The number of hydrogen-bond donors (Lipinski definition) is 2. The molecule has 154 valence electrons. The Bertz CT molecular complexity index is 887. The second-order valence-corrected chi connectivity index (χ2v) is 6.57. The summed E-state index contributed by atoms with van der Waals surface area (Å²) in [6.07, 6.45) is -1.92. The van der Waals surface area contributed by atoms with Gasteiger partial charge in [0, 0.05) is 24.5 Å². The summed E-state index contributed by atoms with van der Waals surface area (Å²) in [4.78, 5) is 29.0. The van der Waals surface area contributed by atoms with Crippen molar-refractivity contribution < 1.29 is 27.5 Å². The zero-order chi connectivity index (χ0) is 21.0. The van der Waals surface area contributed by atoms with Gasteiger partial charge in [0.25, 0.3) is 5.91 Å². The quantitative estimate of drug-likeness (QED) is 0.811. The number of primary amides is 1. The van der Waals surface area contributed by atoms with E-state index in [1.807, 2.05) is 0 Å². The van der Waals surface area contributed by atoms with Gasteiger partial charge in [0.05, 0.1) is 12.1 Å². The molecule has 10 heteroatoms. The summed E-state index contributed by atoms with van der Waals surface area (Å²) >= 11 is 0. The third-order valence-corrected chi connectivity index (χ3v) is 4.42. The maximum Gasteiger partial charge on any atom is 0.416 e. The van der Waals surface area contributed by atoms with Gasteiger partial charge in [-0.1, -0.05) is 0 Å². The second-order valence-electron chi connectivity index (χ2n) is 6.57. The molecule has 1 aromatic carbocycles. The monoisotopic (exact) mass is 408 g/mol. The van der Waals surface area contributed by atoms with Gasteiger partial charge in [-0.05, 0) is 43.2 Å². The third-order valence-electron chi connectivity index (χ3n) is 4.42. The lowest BCUT2D eigenvalue weighted by Crippen LogP contribution is -2.46. The Morgan fingerprint density at radius 3 is 2.59 bits per heavy atom. The van der Waals surface area contributed by atoms with Crippen LogP contribution in [-0.2, 0) is 6.18 Å². The maximum atomic E-state index is 12.6. The molecule has 29 heavy (non-hydrogen) atoms. The summed E-state index contributed by atoms with van der Waals surface area (Å²) in [6, 6.07) is 6.85. The van der Waals surface area contributed by atoms with Crippen molar-refractivity contribution in [2.45, 2.75) is 25.1 Å². The molecule has 1 saturated heterocycles. The molecule has 7 nitrogen and oxygen atoms in total. The van der Waals surface area contributed by atoms with E-state index in [2.05, 4.69) is 10.3 Å². The summed E-state index contributed by atoms with van der Waals surface area (Å²) in [5.74, 6) is -0.250. The topological polar surface area (TPSA) is 97.6 Å². The Labute approximate surface area is 164 Å². The van der Waals surface area contributed by atoms with E-state index in [0.717, 1.165) is 12.1 Å². The molecule has 0 bridgehead atoms. The number of piperidine rings is 1. The molecule has 2 aromatic rings. The number of alkyl halides is 3. The van der Waals surface area contributed by atoms with Crippen LogP contribution in [0.25, 0.3) is 0 Å². The van der Waals surface area contributed by atoms with Crippen molar-refractivity contribution in [1.82, 2.24) is 9.88 Å². The van der Waals surface area contributed by atoms with Crippen LogP contribution in [0.2, 0.25) is 0 Å². The fourth-order valence-corrected chi connectivity index (χ4v) is 2.98. The summed E-state index contributed by atoms with van der Waals surface area (Å²) < 4.78 is 43.7. The average molecular weight is 408 g/mol. The number of carbonyl (C=O) groups is 2. The minimum absolute atomic E-state index is 0.0789. The van der Waals surface area contributed by atoms with Crippen molar-refractivity contribution in [3.63, 3.8) is 0 Å². The maximum absolute atomic E-state index is 12.6. The van der Waals surface area contributed by atoms with E-state index in [9.17, 15) is 22.8 Å². The van der Waals surface area contributed by atoms with Crippen LogP contribution in [0, 0.1) is 0 Å². The number of ether oxygens (including phenoxy) is 1. The highest BCUT2D eigenvalue weighted by molar-refractivity contribution is 5.91. The zero-order valence-corrected chi connectivity index (χ0v) is 15.3. The van der Waals surface area contributed by atoms with E-state index in [4.69, 9.17) is 10.5 Å². The minimum Gasteiger partial charge on any atom is -0.488 e. The van der Waals surface area contributed by atoms with E-state index < -0.39 is 23.7 Å². The summed E-state index contributed by atoms with van der Waals surface area (Å²) in [7, 11) is 0. The van der Waals surface area contributed by atoms with Crippen molar-refractivity contribution in [2.24, 2.45) is 5.73 Å². The van der Waals surface area contributed by atoms with Crippen molar-refractivity contribution in [3.8, 4) is 5.75 Å². The van der Waals surface area contributed by atoms with E-state index in [1.165, 1.54) is 29.3 Å². The van der Waals surface area contributed by atoms with Crippen LogP contribution in [0.1, 0.15) is 28.9 Å². The molecular formula is C19H19F3N4O3. The number of anilines is 1. The number of benzene rings is 1. The number of urea groups is 1. The molecule has 3 amide bonds. The van der Waals surface area contributed by atoms with Crippen molar-refractivity contribution in [3.05, 3.63) is 53.9 Å². The number of nitrogens with zero attached hydrogens (tertiary/aromatic N) is 2. The first kappa shape index (κ1) is 20.4. The molecule has 0 aliphatic carbocycles. The van der Waals surface area contributed by atoms with Gasteiger partial charge in [-0.3, -0.25) is 9.78 Å². The first-order valence-corrected chi connectivity index (χ1v) is 8.88. The molecule has 0 spiro atoms. The number of rotatable bonds is 4. The van der Waals surface area contributed by atoms with E-state index in [0.29, 0.717) is 31.7 Å². The Morgan fingerprint density at radius 2 is 1.93 bits per heavy atom. The van der Waals surface area contributed by atoms with Gasteiger partial charge in [0.15, 0.2) is 0 Å². The lowest BCUT2D eigenvalue weighted by molar-refractivity contribution is -0.137. The highest BCUT2D eigenvalue weighted by Gasteiger charge is 2.30. The molecule has 1 unspecified atom stereocenters. The van der Waals surface area contributed by atoms with Crippen LogP contribution < -0.4 is 15.8 Å². The molecular weight excluding hydrogens is 389 g/mol. The second kappa shape index (κ2) is 8.38. The molecule has 1 aromatic heterocycles. The van der Waals surface area contributed by atoms with Gasteiger partial charge in [-0.25, -0.2) is 4.79 Å². The summed E-state index contributed by atoms with van der Waals surface area (Å²) in [5, 5.41) is 2.59. The number of halogens is 3. The molecule has 3 N–H and O–H groups in total. The van der Waals surface area contributed by atoms with Gasteiger partial charge in [0.1, 0.15) is 17.5 Å². The third kappa shape index (κ3) is 5.37. The normalized spacial score (nSPS) is 16.9. The van der Waals surface area contributed by atoms with Crippen LogP contribution in [0.5, 0.6) is 5.75 Å². The number of pyridine rings is 1. The number of hydrogen-bond acceptors (Lipinski definition) is 4. The lowest BCUT2D eigenvalue weighted by Gasteiger charge is -2.33. The first-order chi connectivity index (χ1) is 13.7. The fourth-order valence-electron chi connectivity index (χ4n) is 2.98. The Kier molecular flexibility index (Phi) is 5.90. The first-order valence-electron chi connectivity index (χ1n) is 8.88. The number of carbonyl (C=O) groups excluding carboxylic acids is 2. The molecule has 1 aliphatic heterocycles. The number of amides is 3. The Hall–Kier alpha value is -3.30. The van der Waals surface area contributed by atoms with Gasteiger partial charge >= 0.3 is 12.2 Å². The SMILES string of the molecule is NC(=O)c1cc(OC2CCCN(C(=O)Nc3ccc(C(F)(F)F)cc3)C2)ccn1. The highest BCUT2D eigenvalue weighted by atomic mass is 19.4. The van der Waals surface area contributed by atoms with Gasteiger partial charge < -0.3 is 20.7 Å². The molecule has 1 fully saturated rings. The predicted octanol–water partition coefficient (Wildman–Crippen LogP) is 3.27. The van der Waals surface area contributed by atoms with E-state index >= 15 is 0 Å². The molecule has 0 radical (unpaired) electrons. The highest BCUT2D eigenvalue weighted by Crippen LogP contribution is 2.30. The number of aromatic nitrogens is 1. The molecule has 0 saturated carbocycles.